The number of aliphatic hydroxyl groups is 3. The summed E-state index contributed by atoms with van der Waals surface area (Å²) in [5.74, 6) is -0.299. The van der Waals surface area contributed by atoms with Gasteiger partial charge in [-0.15, -0.1) is 0 Å². The second-order valence-corrected chi connectivity index (χ2v) is 6.40. The highest BCUT2D eigenvalue weighted by Crippen LogP contribution is 2.19. The van der Waals surface area contributed by atoms with E-state index in [0.717, 1.165) is 16.5 Å². The number of H-pyrrole nitrogens is 1. The molecule has 6 N–H and O–H groups in total. The topological polar surface area (TPSA) is 118 Å². The lowest BCUT2D eigenvalue weighted by Crippen LogP contribution is -2.66. The molecular formula is C18H23N3O4. The third-order valence-electron chi connectivity index (χ3n) is 4.63. The highest BCUT2D eigenvalue weighted by molar-refractivity contribution is 5.96. The molecule has 3 rings (SSSR count). The molecule has 1 aromatic heterocycles. The van der Waals surface area contributed by atoms with E-state index in [9.17, 15) is 20.1 Å². The van der Waals surface area contributed by atoms with Crippen LogP contribution in [0.2, 0.25) is 0 Å². The molecule has 5 atom stereocenters. The Bertz CT molecular complexity index is 773. The number of aromatic nitrogens is 1. The van der Waals surface area contributed by atoms with Crippen LogP contribution in [0.5, 0.6) is 0 Å². The Kier molecular flexibility index (Phi) is 5.19. The van der Waals surface area contributed by atoms with E-state index < -0.39 is 24.4 Å². The van der Waals surface area contributed by atoms with Crippen LogP contribution in [0.15, 0.2) is 36.5 Å². The molecule has 2 aromatic rings. The highest BCUT2D eigenvalue weighted by Gasteiger charge is 2.40. The van der Waals surface area contributed by atoms with Crippen molar-refractivity contribution in [1.29, 1.82) is 0 Å². The lowest BCUT2D eigenvalue weighted by molar-refractivity contribution is -0.120. The van der Waals surface area contributed by atoms with Crippen LogP contribution >= 0.6 is 0 Å². The molecule has 1 saturated heterocycles. The van der Waals surface area contributed by atoms with Crippen molar-refractivity contribution in [2.24, 2.45) is 0 Å². The first-order valence-corrected chi connectivity index (χ1v) is 8.29. The van der Waals surface area contributed by atoms with E-state index >= 15 is 0 Å². The third-order valence-corrected chi connectivity index (χ3v) is 4.63. The number of carbonyl (C=O) groups is 1. The van der Waals surface area contributed by atoms with Gasteiger partial charge in [0.15, 0.2) is 0 Å². The van der Waals surface area contributed by atoms with Crippen LogP contribution in [0.25, 0.3) is 17.0 Å². The molecule has 0 aliphatic carbocycles. The van der Waals surface area contributed by atoms with Gasteiger partial charge in [-0.05, 0) is 24.6 Å². The first kappa shape index (κ1) is 17.6. The van der Waals surface area contributed by atoms with Crippen LogP contribution in [0.4, 0.5) is 0 Å². The molecule has 0 radical (unpaired) electrons. The van der Waals surface area contributed by atoms with Gasteiger partial charge in [-0.1, -0.05) is 18.2 Å². The molecule has 1 aliphatic heterocycles. The summed E-state index contributed by atoms with van der Waals surface area (Å²) in [4.78, 5) is 15.2. The molecule has 7 nitrogen and oxygen atoms in total. The minimum absolute atomic E-state index is 0.145. The zero-order valence-corrected chi connectivity index (χ0v) is 13.9. The number of carbonyl (C=O) groups excluding carboxylic acids is 1. The summed E-state index contributed by atoms with van der Waals surface area (Å²) in [7, 11) is 0. The molecule has 1 aliphatic rings. The molecule has 0 saturated carbocycles. The maximum atomic E-state index is 12.0. The van der Waals surface area contributed by atoms with Gasteiger partial charge >= 0.3 is 0 Å². The normalized spacial score (nSPS) is 30.0. The average Bonchev–Trinajstić information content (AvgIpc) is 3.03. The summed E-state index contributed by atoms with van der Waals surface area (Å²) in [5, 5.41) is 36.2. The van der Waals surface area contributed by atoms with E-state index in [1.54, 1.807) is 13.0 Å². The van der Waals surface area contributed by atoms with Gasteiger partial charge in [-0.25, -0.2) is 0 Å². The molecule has 134 valence electrons. The van der Waals surface area contributed by atoms with Crippen molar-refractivity contribution < 1.29 is 20.1 Å². The Morgan fingerprint density at radius 1 is 1.20 bits per heavy atom. The largest absolute Gasteiger partial charge is 0.389 e. The first-order chi connectivity index (χ1) is 12.0. The fourth-order valence-corrected chi connectivity index (χ4v) is 3.12. The minimum Gasteiger partial charge on any atom is -0.389 e. The van der Waals surface area contributed by atoms with Gasteiger partial charge in [0.05, 0.1) is 18.2 Å². The van der Waals surface area contributed by atoms with Crippen molar-refractivity contribution >= 4 is 22.9 Å². The number of fused-ring (bicyclic) bond motifs is 1. The summed E-state index contributed by atoms with van der Waals surface area (Å²) in [6.07, 6.45) is 1.56. The van der Waals surface area contributed by atoms with Crippen molar-refractivity contribution in [3.8, 4) is 0 Å². The molecule has 1 aromatic carbocycles. The molecule has 25 heavy (non-hydrogen) atoms. The zero-order valence-electron chi connectivity index (χ0n) is 13.9. The number of para-hydroxylation sites is 1. The Morgan fingerprint density at radius 2 is 1.96 bits per heavy atom. The lowest BCUT2D eigenvalue weighted by atomic mass is 9.91. The summed E-state index contributed by atoms with van der Waals surface area (Å²) >= 11 is 0. The fraction of sp³-hybridized carbons (Fsp3) is 0.389. The van der Waals surface area contributed by atoms with E-state index in [4.69, 9.17) is 0 Å². The van der Waals surface area contributed by atoms with Gasteiger partial charge in [0.25, 0.3) is 0 Å². The number of rotatable bonds is 4. The smallest absolute Gasteiger partial charge is 0.244 e. The first-order valence-electron chi connectivity index (χ1n) is 8.29. The third kappa shape index (κ3) is 3.74. The van der Waals surface area contributed by atoms with E-state index in [0.29, 0.717) is 0 Å². The van der Waals surface area contributed by atoms with Crippen molar-refractivity contribution in [3.05, 3.63) is 42.1 Å². The van der Waals surface area contributed by atoms with Crippen molar-refractivity contribution in [2.75, 3.05) is 6.54 Å². The van der Waals surface area contributed by atoms with Gasteiger partial charge in [0.1, 0.15) is 6.10 Å². The van der Waals surface area contributed by atoms with E-state index in [1.165, 1.54) is 6.08 Å². The van der Waals surface area contributed by atoms with E-state index in [-0.39, 0.29) is 18.5 Å². The number of hydrogen-bond donors (Lipinski definition) is 6. The maximum absolute atomic E-state index is 12.0. The van der Waals surface area contributed by atoms with Crippen LogP contribution in [-0.4, -0.2) is 63.2 Å². The highest BCUT2D eigenvalue weighted by atomic mass is 16.4. The van der Waals surface area contributed by atoms with Crippen LogP contribution in [0, 0.1) is 0 Å². The maximum Gasteiger partial charge on any atom is 0.244 e. The Morgan fingerprint density at radius 3 is 2.76 bits per heavy atom. The molecular weight excluding hydrogens is 322 g/mol. The number of amides is 1. The number of benzene rings is 1. The summed E-state index contributed by atoms with van der Waals surface area (Å²) in [5.41, 5.74) is 1.91. The SMILES string of the molecule is C[C@@H]1N[C@H](CNC(=O)/C=C/c2c[nH]c3ccccc23)[C@@H](O)[C@H](O)[C@@H]1O. The van der Waals surface area contributed by atoms with Crippen LogP contribution in [-0.2, 0) is 4.79 Å². The zero-order chi connectivity index (χ0) is 18.0. The van der Waals surface area contributed by atoms with Crippen LogP contribution < -0.4 is 10.6 Å². The molecule has 0 unspecified atom stereocenters. The number of nitrogens with one attached hydrogen (secondary N) is 3. The average molecular weight is 345 g/mol. The number of aliphatic hydroxyl groups excluding tert-OH is 3. The quantitative estimate of drug-likeness (QED) is 0.427. The fourth-order valence-electron chi connectivity index (χ4n) is 3.12. The van der Waals surface area contributed by atoms with Gasteiger partial charge in [0.2, 0.25) is 5.91 Å². The number of aromatic amines is 1. The molecule has 0 bridgehead atoms. The Balaban J connectivity index is 1.58. The predicted octanol–water partition coefficient (Wildman–Crippen LogP) is -0.260. The number of piperidine rings is 1. The summed E-state index contributed by atoms with van der Waals surface area (Å²) in [6, 6.07) is 6.91. The van der Waals surface area contributed by atoms with Gasteiger partial charge in [-0.2, -0.15) is 0 Å². The number of hydrogen-bond acceptors (Lipinski definition) is 5. The van der Waals surface area contributed by atoms with Crippen LogP contribution in [0.3, 0.4) is 0 Å². The molecule has 1 amide bonds. The predicted molar refractivity (Wildman–Crippen MR) is 94.7 cm³/mol. The molecule has 7 heteroatoms. The van der Waals surface area contributed by atoms with Gasteiger partial charge < -0.3 is 30.9 Å². The van der Waals surface area contributed by atoms with Gasteiger partial charge in [0, 0.05) is 35.8 Å². The Hall–Kier alpha value is -2.19. The van der Waals surface area contributed by atoms with E-state index in [2.05, 4.69) is 15.6 Å². The van der Waals surface area contributed by atoms with Crippen molar-refractivity contribution in [3.63, 3.8) is 0 Å². The van der Waals surface area contributed by atoms with E-state index in [1.807, 2.05) is 30.5 Å². The molecule has 0 spiro atoms. The second-order valence-electron chi connectivity index (χ2n) is 6.40. The van der Waals surface area contributed by atoms with Crippen molar-refractivity contribution in [1.82, 2.24) is 15.6 Å². The Labute approximate surface area is 145 Å². The summed E-state index contributed by atoms with van der Waals surface area (Å²) in [6.45, 7) is 1.86. The molecule has 2 heterocycles. The summed E-state index contributed by atoms with van der Waals surface area (Å²) < 4.78 is 0. The van der Waals surface area contributed by atoms with Crippen LogP contribution in [0.1, 0.15) is 12.5 Å². The standard InChI is InChI=1S/C18H23N3O4/c1-10-16(23)18(25)17(24)14(21-10)9-20-15(22)7-6-11-8-19-13-5-3-2-4-12(11)13/h2-8,10,14,16-19,21,23-25H,9H2,1H3,(H,20,22)/b7-6+/t10-,14+,16+,17+,18+/m0/s1. The lowest BCUT2D eigenvalue weighted by Gasteiger charge is -2.40. The monoisotopic (exact) mass is 345 g/mol. The van der Waals surface area contributed by atoms with Crippen molar-refractivity contribution in [2.45, 2.75) is 37.3 Å². The minimum atomic E-state index is -1.24. The molecule has 1 fully saturated rings. The van der Waals surface area contributed by atoms with Gasteiger partial charge in [-0.3, -0.25) is 4.79 Å². The second kappa shape index (κ2) is 7.37.